The molecule has 0 aromatic carbocycles. The summed E-state index contributed by atoms with van der Waals surface area (Å²) in [7, 11) is 1.66. The lowest BCUT2D eigenvalue weighted by atomic mass is 10.00. The number of aromatic nitrogens is 3. The predicted octanol–water partition coefficient (Wildman–Crippen LogP) is 3.43. The second-order valence-electron chi connectivity index (χ2n) is 6.96. The van der Waals surface area contributed by atoms with E-state index in [-0.39, 0.29) is 0 Å². The molecule has 0 radical (unpaired) electrons. The molecule has 3 N–H and O–H groups in total. The molecule has 0 unspecified atom stereocenters. The lowest BCUT2D eigenvalue weighted by molar-refractivity contribution is 0.392. The van der Waals surface area contributed by atoms with E-state index in [9.17, 15) is 4.39 Å². The second-order valence-corrected chi connectivity index (χ2v) is 6.96. The molecule has 6 nitrogen and oxygen atoms in total. The zero-order valence-corrected chi connectivity index (χ0v) is 16.4. The van der Waals surface area contributed by atoms with Crippen molar-refractivity contribution >= 4 is 22.4 Å². The Hall–Kier alpha value is -2.80. The van der Waals surface area contributed by atoms with Gasteiger partial charge in [0.15, 0.2) is 5.82 Å². The summed E-state index contributed by atoms with van der Waals surface area (Å²) in [6.45, 7) is 8.20. The van der Waals surface area contributed by atoms with Crippen LogP contribution >= 0.6 is 0 Å². The SMILES string of the molecule is C=C(F)/C(=C\C=C(/C)c1cc2nccnc2c(NC[C@H]2CCCNC2)n1)NC. The Kier molecular flexibility index (Phi) is 6.71. The Balaban J connectivity index is 1.89. The number of halogens is 1. The number of hydrogen-bond acceptors (Lipinski definition) is 6. The minimum absolute atomic E-state index is 0.336. The Morgan fingerprint density at radius 1 is 1.36 bits per heavy atom. The largest absolute Gasteiger partial charge is 0.386 e. The number of hydrogen-bond donors (Lipinski definition) is 3. The van der Waals surface area contributed by atoms with Crippen LogP contribution in [0.4, 0.5) is 10.2 Å². The van der Waals surface area contributed by atoms with Crippen LogP contribution in [-0.4, -0.2) is 41.6 Å². The van der Waals surface area contributed by atoms with Gasteiger partial charge in [0.1, 0.15) is 11.3 Å². The van der Waals surface area contributed by atoms with Crippen molar-refractivity contribution in [2.24, 2.45) is 5.92 Å². The van der Waals surface area contributed by atoms with Crippen molar-refractivity contribution in [1.82, 2.24) is 25.6 Å². The molecule has 0 aliphatic carbocycles. The zero-order chi connectivity index (χ0) is 19.9. The highest BCUT2D eigenvalue weighted by atomic mass is 19.1. The molecule has 0 saturated carbocycles. The predicted molar refractivity (Wildman–Crippen MR) is 112 cm³/mol. The van der Waals surface area contributed by atoms with Gasteiger partial charge in [0, 0.05) is 26.0 Å². The molecule has 2 aromatic rings. The zero-order valence-electron chi connectivity index (χ0n) is 16.4. The van der Waals surface area contributed by atoms with Crippen LogP contribution in [0.1, 0.15) is 25.5 Å². The summed E-state index contributed by atoms with van der Waals surface area (Å²) in [6, 6.07) is 1.90. The summed E-state index contributed by atoms with van der Waals surface area (Å²) in [5, 5.41) is 9.68. The van der Waals surface area contributed by atoms with E-state index in [1.807, 2.05) is 19.1 Å². The number of anilines is 1. The first-order chi connectivity index (χ1) is 13.6. The molecule has 1 aliphatic heterocycles. The average Bonchev–Trinajstić information content (AvgIpc) is 2.72. The van der Waals surface area contributed by atoms with Gasteiger partial charge in [-0.3, -0.25) is 4.98 Å². The number of nitrogens with zero attached hydrogens (tertiary/aromatic N) is 3. The highest BCUT2D eigenvalue weighted by molar-refractivity contribution is 5.87. The molecule has 1 aliphatic rings. The second kappa shape index (κ2) is 9.41. The van der Waals surface area contributed by atoms with Crippen molar-refractivity contribution in [1.29, 1.82) is 0 Å². The van der Waals surface area contributed by atoms with E-state index >= 15 is 0 Å². The van der Waals surface area contributed by atoms with Gasteiger partial charge in [-0.1, -0.05) is 12.7 Å². The van der Waals surface area contributed by atoms with Crippen LogP contribution in [0.15, 0.2) is 48.7 Å². The fourth-order valence-corrected chi connectivity index (χ4v) is 3.24. The summed E-state index contributed by atoms with van der Waals surface area (Å²) >= 11 is 0. The molecule has 7 heteroatoms. The highest BCUT2D eigenvalue weighted by Gasteiger charge is 2.15. The van der Waals surface area contributed by atoms with Gasteiger partial charge in [0.25, 0.3) is 0 Å². The van der Waals surface area contributed by atoms with Crippen molar-refractivity contribution in [3.63, 3.8) is 0 Å². The fourth-order valence-electron chi connectivity index (χ4n) is 3.24. The Morgan fingerprint density at radius 2 is 2.18 bits per heavy atom. The first kappa shape index (κ1) is 19.9. The van der Waals surface area contributed by atoms with Gasteiger partial charge in [0.2, 0.25) is 0 Å². The van der Waals surface area contributed by atoms with Crippen molar-refractivity contribution < 1.29 is 4.39 Å². The van der Waals surface area contributed by atoms with E-state index in [0.29, 0.717) is 11.6 Å². The van der Waals surface area contributed by atoms with Crippen LogP contribution in [0.3, 0.4) is 0 Å². The third-order valence-electron chi connectivity index (χ3n) is 4.88. The summed E-state index contributed by atoms with van der Waals surface area (Å²) in [5.41, 5.74) is 3.53. The van der Waals surface area contributed by atoms with Crippen molar-refractivity contribution in [2.75, 3.05) is 32.0 Å². The first-order valence-corrected chi connectivity index (χ1v) is 9.56. The maximum Gasteiger partial charge on any atom is 0.154 e. The van der Waals surface area contributed by atoms with Gasteiger partial charge in [-0.2, -0.15) is 0 Å². The quantitative estimate of drug-likeness (QED) is 0.637. The molecular formula is C21H27FN6. The maximum absolute atomic E-state index is 13.4. The molecule has 0 amide bonds. The smallest absolute Gasteiger partial charge is 0.154 e. The molecule has 148 valence electrons. The number of likely N-dealkylation sites (N-methyl/N-ethyl adjacent to an activating group) is 1. The lowest BCUT2D eigenvalue weighted by Crippen LogP contribution is -2.33. The van der Waals surface area contributed by atoms with Gasteiger partial charge in [-0.15, -0.1) is 0 Å². The number of nitrogens with one attached hydrogen (secondary N) is 3. The van der Waals surface area contributed by atoms with Crippen LogP contribution < -0.4 is 16.0 Å². The van der Waals surface area contributed by atoms with Gasteiger partial charge < -0.3 is 16.0 Å². The number of fused-ring (bicyclic) bond motifs is 1. The Labute approximate surface area is 165 Å². The molecular weight excluding hydrogens is 355 g/mol. The molecule has 28 heavy (non-hydrogen) atoms. The van der Waals surface area contributed by atoms with Crippen LogP contribution in [0, 0.1) is 5.92 Å². The van der Waals surface area contributed by atoms with Gasteiger partial charge in [0.05, 0.1) is 16.9 Å². The van der Waals surface area contributed by atoms with Gasteiger partial charge in [-0.05, 0) is 56.5 Å². The van der Waals surface area contributed by atoms with Crippen molar-refractivity contribution in [3.05, 3.63) is 54.4 Å². The van der Waals surface area contributed by atoms with E-state index in [0.717, 1.165) is 47.8 Å². The summed E-state index contributed by atoms with van der Waals surface area (Å²) in [4.78, 5) is 13.7. The molecule has 0 bridgehead atoms. The number of rotatable bonds is 7. The van der Waals surface area contributed by atoms with E-state index in [1.54, 1.807) is 25.5 Å². The Morgan fingerprint density at radius 3 is 2.89 bits per heavy atom. The molecule has 3 heterocycles. The van der Waals surface area contributed by atoms with Gasteiger partial charge >= 0.3 is 0 Å². The van der Waals surface area contributed by atoms with E-state index < -0.39 is 5.83 Å². The molecule has 1 saturated heterocycles. The molecule has 3 rings (SSSR count). The van der Waals surface area contributed by atoms with Crippen LogP contribution in [0.2, 0.25) is 0 Å². The third kappa shape index (κ3) is 4.92. The van der Waals surface area contributed by atoms with E-state index in [2.05, 4.69) is 32.5 Å². The van der Waals surface area contributed by atoms with Crippen LogP contribution in [0.25, 0.3) is 16.6 Å². The normalized spacial score (nSPS) is 18.2. The van der Waals surface area contributed by atoms with E-state index in [4.69, 9.17) is 4.98 Å². The highest BCUT2D eigenvalue weighted by Crippen LogP contribution is 2.23. The van der Waals surface area contributed by atoms with Crippen LogP contribution in [-0.2, 0) is 0 Å². The average molecular weight is 382 g/mol. The van der Waals surface area contributed by atoms with Crippen molar-refractivity contribution in [3.8, 4) is 0 Å². The summed E-state index contributed by atoms with van der Waals surface area (Å²) in [6.07, 6.45) is 9.22. The molecule has 0 spiro atoms. The number of allylic oxidation sites excluding steroid dienone is 4. The number of piperidine rings is 1. The summed E-state index contributed by atoms with van der Waals surface area (Å²) < 4.78 is 13.4. The maximum atomic E-state index is 13.4. The molecule has 1 fully saturated rings. The topological polar surface area (TPSA) is 74.8 Å². The fraction of sp³-hybridized carbons (Fsp3) is 0.381. The lowest BCUT2D eigenvalue weighted by Gasteiger charge is -2.23. The first-order valence-electron chi connectivity index (χ1n) is 9.56. The summed E-state index contributed by atoms with van der Waals surface area (Å²) in [5.74, 6) is 0.790. The monoisotopic (exact) mass is 382 g/mol. The molecule has 2 aromatic heterocycles. The standard InChI is InChI=1S/C21H27FN6/c1-14(6-7-17(23-3)15(2)22)18-11-19-20(26-10-9-25-19)21(28-18)27-13-16-5-4-8-24-12-16/h6-7,9-11,16,23-24H,2,4-5,8,12-13H2,1,3H3,(H,27,28)/b14-6+,17-7+/t16-/m0/s1. The third-order valence-corrected chi connectivity index (χ3v) is 4.88. The number of pyridine rings is 1. The Bertz CT molecular complexity index is 899. The minimum Gasteiger partial charge on any atom is -0.386 e. The van der Waals surface area contributed by atoms with Gasteiger partial charge in [-0.25, -0.2) is 14.4 Å². The van der Waals surface area contributed by atoms with E-state index in [1.165, 1.54) is 12.8 Å². The van der Waals surface area contributed by atoms with Crippen LogP contribution in [0.5, 0.6) is 0 Å². The molecule has 1 atom stereocenters. The van der Waals surface area contributed by atoms with Crippen molar-refractivity contribution in [2.45, 2.75) is 19.8 Å². The minimum atomic E-state index is -0.507.